The van der Waals surface area contributed by atoms with E-state index in [0.717, 1.165) is 13.0 Å². The monoisotopic (exact) mass is 171 g/mol. The number of rotatable bonds is 6. The normalized spacial score (nSPS) is 11.2. The molecule has 0 rings (SSSR count). The molecule has 2 N–H and O–H groups in total. The minimum Gasteiger partial charge on any atom is -0.481 e. The number of carbonyl (C=O) groups is 1. The molecule has 0 aromatic rings. The van der Waals surface area contributed by atoms with Gasteiger partial charge in [0.2, 0.25) is 0 Å². The van der Waals surface area contributed by atoms with E-state index in [-0.39, 0.29) is 0 Å². The van der Waals surface area contributed by atoms with Crippen molar-refractivity contribution in [1.29, 1.82) is 0 Å². The van der Waals surface area contributed by atoms with E-state index in [9.17, 15) is 4.79 Å². The van der Waals surface area contributed by atoms with Crippen LogP contribution in [0, 0.1) is 5.41 Å². The van der Waals surface area contributed by atoms with Gasteiger partial charge in [0.15, 0.2) is 0 Å². The van der Waals surface area contributed by atoms with Crippen molar-refractivity contribution in [2.45, 2.75) is 20.3 Å². The SMILES string of the molecule is C=CCCNCC(C)(C)C(=O)O. The summed E-state index contributed by atoms with van der Waals surface area (Å²) < 4.78 is 0. The van der Waals surface area contributed by atoms with Crippen LogP contribution >= 0.6 is 0 Å². The number of carboxylic acid groups (broad SMARTS) is 1. The van der Waals surface area contributed by atoms with Gasteiger partial charge in [-0.1, -0.05) is 6.08 Å². The van der Waals surface area contributed by atoms with Crippen molar-refractivity contribution in [1.82, 2.24) is 5.32 Å². The minimum atomic E-state index is -0.770. The summed E-state index contributed by atoms with van der Waals surface area (Å²) in [5.41, 5.74) is -0.679. The molecule has 0 aromatic heterocycles. The molecule has 0 saturated carbocycles. The zero-order chi connectivity index (χ0) is 9.61. The molecule has 3 nitrogen and oxygen atoms in total. The van der Waals surface area contributed by atoms with E-state index < -0.39 is 11.4 Å². The molecule has 0 fully saturated rings. The topological polar surface area (TPSA) is 49.3 Å². The molecule has 0 aliphatic heterocycles. The second-order valence-electron chi connectivity index (χ2n) is 3.44. The van der Waals surface area contributed by atoms with Crippen molar-refractivity contribution in [2.24, 2.45) is 5.41 Å². The molecule has 0 spiro atoms. The van der Waals surface area contributed by atoms with Gasteiger partial charge >= 0.3 is 5.97 Å². The van der Waals surface area contributed by atoms with Crippen LogP contribution in [0.1, 0.15) is 20.3 Å². The van der Waals surface area contributed by atoms with Crippen molar-refractivity contribution in [2.75, 3.05) is 13.1 Å². The smallest absolute Gasteiger partial charge is 0.310 e. The third kappa shape index (κ3) is 4.13. The average Bonchev–Trinajstić information content (AvgIpc) is 1.98. The summed E-state index contributed by atoms with van der Waals surface area (Å²) in [5, 5.41) is 11.8. The van der Waals surface area contributed by atoms with Gasteiger partial charge in [-0.2, -0.15) is 0 Å². The van der Waals surface area contributed by atoms with Crippen LogP contribution in [0.15, 0.2) is 12.7 Å². The Morgan fingerprint density at radius 2 is 2.25 bits per heavy atom. The highest BCUT2D eigenvalue weighted by Gasteiger charge is 2.25. The summed E-state index contributed by atoms with van der Waals surface area (Å²) in [7, 11) is 0. The molecule has 0 aliphatic rings. The van der Waals surface area contributed by atoms with Gasteiger partial charge in [0.25, 0.3) is 0 Å². The van der Waals surface area contributed by atoms with Crippen LogP contribution in [0.25, 0.3) is 0 Å². The molecule has 0 unspecified atom stereocenters. The Bertz CT molecular complexity index is 164. The van der Waals surface area contributed by atoms with Crippen LogP contribution in [-0.4, -0.2) is 24.2 Å². The first-order valence-electron chi connectivity index (χ1n) is 4.05. The zero-order valence-corrected chi connectivity index (χ0v) is 7.76. The highest BCUT2D eigenvalue weighted by molar-refractivity contribution is 5.73. The first-order chi connectivity index (χ1) is 5.50. The predicted octanol–water partition coefficient (Wildman–Crippen LogP) is 1.26. The molecule has 0 saturated heterocycles. The molecular weight excluding hydrogens is 154 g/mol. The predicted molar refractivity (Wildman–Crippen MR) is 49.1 cm³/mol. The van der Waals surface area contributed by atoms with Crippen LogP contribution in [0.2, 0.25) is 0 Å². The number of aliphatic carboxylic acids is 1. The zero-order valence-electron chi connectivity index (χ0n) is 7.76. The molecule has 0 amide bonds. The second-order valence-corrected chi connectivity index (χ2v) is 3.44. The van der Waals surface area contributed by atoms with Crippen LogP contribution in [0.5, 0.6) is 0 Å². The lowest BCUT2D eigenvalue weighted by Crippen LogP contribution is -2.36. The molecule has 12 heavy (non-hydrogen) atoms. The summed E-state index contributed by atoms with van der Waals surface area (Å²) in [4.78, 5) is 10.6. The van der Waals surface area contributed by atoms with Gasteiger partial charge < -0.3 is 10.4 Å². The van der Waals surface area contributed by atoms with E-state index in [1.165, 1.54) is 0 Å². The summed E-state index contributed by atoms with van der Waals surface area (Å²) in [6, 6.07) is 0. The maximum atomic E-state index is 10.6. The number of hydrogen-bond donors (Lipinski definition) is 2. The van der Waals surface area contributed by atoms with Gasteiger partial charge in [0.1, 0.15) is 0 Å². The van der Waals surface area contributed by atoms with Crippen LogP contribution in [0.4, 0.5) is 0 Å². The van der Waals surface area contributed by atoms with Gasteiger partial charge in [0.05, 0.1) is 5.41 Å². The molecule has 3 heteroatoms. The highest BCUT2D eigenvalue weighted by atomic mass is 16.4. The van der Waals surface area contributed by atoms with Crippen LogP contribution in [0.3, 0.4) is 0 Å². The Balaban J connectivity index is 3.61. The Labute approximate surface area is 73.5 Å². The average molecular weight is 171 g/mol. The molecule has 0 aliphatic carbocycles. The van der Waals surface area contributed by atoms with E-state index >= 15 is 0 Å². The number of carboxylic acids is 1. The lowest BCUT2D eigenvalue weighted by molar-refractivity contribution is -0.146. The van der Waals surface area contributed by atoms with Gasteiger partial charge in [-0.3, -0.25) is 4.79 Å². The summed E-state index contributed by atoms with van der Waals surface area (Å²) in [6.45, 7) is 8.27. The lowest BCUT2D eigenvalue weighted by atomic mass is 9.94. The van der Waals surface area contributed by atoms with Crippen molar-refractivity contribution < 1.29 is 9.90 Å². The van der Waals surface area contributed by atoms with Crippen molar-refractivity contribution in [3.8, 4) is 0 Å². The number of hydrogen-bond acceptors (Lipinski definition) is 2. The lowest BCUT2D eigenvalue weighted by Gasteiger charge is -2.19. The Kier molecular flexibility index (Phi) is 4.59. The first-order valence-corrected chi connectivity index (χ1v) is 4.05. The Morgan fingerprint density at radius 3 is 2.67 bits per heavy atom. The standard InChI is InChI=1S/C9H17NO2/c1-4-5-6-10-7-9(2,3)8(11)12/h4,10H,1,5-7H2,2-3H3,(H,11,12). The quantitative estimate of drug-likeness (QED) is 0.467. The number of nitrogens with one attached hydrogen (secondary N) is 1. The maximum absolute atomic E-state index is 10.6. The third-order valence-electron chi connectivity index (χ3n) is 1.67. The Morgan fingerprint density at radius 1 is 1.67 bits per heavy atom. The van der Waals surface area contributed by atoms with Crippen LogP contribution < -0.4 is 5.32 Å². The van der Waals surface area contributed by atoms with Crippen molar-refractivity contribution in [3.63, 3.8) is 0 Å². The summed E-state index contributed by atoms with van der Waals surface area (Å²) in [5.74, 6) is -0.770. The summed E-state index contributed by atoms with van der Waals surface area (Å²) >= 11 is 0. The second kappa shape index (κ2) is 4.93. The van der Waals surface area contributed by atoms with E-state index in [0.29, 0.717) is 6.54 Å². The maximum Gasteiger partial charge on any atom is 0.310 e. The van der Waals surface area contributed by atoms with Gasteiger partial charge in [-0.15, -0.1) is 6.58 Å². The van der Waals surface area contributed by atoms with Crippen molar-refractivity contribution in [3.05, 3.63) is 12.7 Å². The third-order valence-corrected chi connectivity index (χ3v) is 1.67. The molecule has 0 radical (unpaired) electrons. The Hall–Kier alpha value is -0.830. The van der Waals surface area contributed by atoms with E-state index in [4.69, 9.17) is 5.11 Å². The van der Waals surface area contributed by atoms with E-state index in [1.54, 1.807) is 19.9 Å². The van der Waals surface area contributed by atoms with Crippen molar-refractivity contribution >= 4 is 5.97 Å². The highest BCUT2D eigenvalue weighted by Crippen LogP contribution is 2.12. The molecule has 0 atom stereocenters. The summed E-state index contributed by atoms with van der Waals surface area (Å²) in [6.07, 6.45) is 2.68. The van der Waals surface area contributed by atoms with Gasteiger partial charge in [-0.05, 0) is 26.8 Å². The van der Waals surface area contributed by atoms with Gasteiger partial charge in [-0.25, -0.2) is 0 Å². The largest absolute Gasteiger partial charge is 0.481 e. The molecule has 0 heterocycles. The molecule has 0 bridgehead atoms. The molecular formula is C9H17NO2. The first kappa shape index (κ1) is 11.2. The molecule has 70 valence electrons. The molecule has 0 aromatic carbocycles. The van der Waals surface area contributed by atoms with E-state index in [2.05, 4.69) is 11.9 Å². The minimum absolute atomic E-state index is 0.496. The fourth-order valence-electron chi connectivity index (χ4n) is 0.681. The van der Waals surface area contributed by atoms with Gasteiger partial charge in [0, 0.05) is 6.54 Å². The fraction of sp³-hybridized carbons (Fsp3) is 0.667. The van der Waals surface area contributed by atoms with Crippen LogP contribution in [-0.2, 0) is 4.79 Å². The fourth-order valence-corrected chi connectivity index (χ4v) is 0.681. The van der Waals surface area contributed by atoms with E-state index in [1.807, 2.05) is 0 Å².